The van der Waals surface area contributed by atoms with Gasteiger partial charge in [0.05, 0.1) is 0 Å². The lowest BCUT2D eigenvalue weighted by Crippen LogP contribution is -2.41. The zero-order valence-corrected chi connectivity index (χ0v) is 13.9. The van der Waals surface area contributed by atoms with Crippen LogP contribution in [0.1, 0.15) is 53.4 Å². The van der Waals surface area contributed by atoms with Crippen LogP contribution in [0.15, 0.2) is 30.3 Å². The number of hydrogen-bond donors (Lipinski definition) is 2. The first-order chi connectivity index (χ1) is 9.99. The molecule has 1 aromatic carbocycles. The molecule has 3 heteroatoms. The number of rotatable bonds is 8. The van der Waals surface area contributed by atoms with E-state index in [0.29, 0.717) is 5.92 Å². The van der Waals surface area contributed by atoms with Crippen LogP contribution in [0.25, 0.3) is 0 Å². The predicted molar refractivity (Wildman–Crippen MR) is 90.5 cm³/mol. The molecule has 118 valence electrons. The molecular formula is C18H30N2O. The summed E-state index contributed by atoms with van der Waals surface area (Å²) in [5.74, 6) is 1.21. The van der Waals surface area contributed by atoms with Crippen molar-refractivity contribution in [1.82, 2.24) is 5.32 Å². The molecule has 0 radical (unpaired) electrons. The molecule has 1 aromatic rings. The average molecular weight is 290 g/mol. The molecule has 0 aliphatic rings. The van der Waals surface area contributed by atoms with Gasteiger partial charge < -0.3 is 10.6 Å². The van der Waals surface area contributed by atoms with Gasteiger partial charge in [0.25, 0.3) is 0 Å². The van der Waals surface area contributed by atoms with E-state index in [1.807, 2.05) is 30.3 Å². The van der Waals surface area contributed by atoms with E-state index in [1.165, 1.54) is 19.3 Å². The quantitative estimate of drug-likeness (QED) is 0.646. The second-order valence-electron chi connectivity index (χ2n) is 6.49. The van der Waals surface area contributed by atoms with E-state index in [0.717, 1.165) is 18.0 Å². The highest BCUT2D eigenvalue weighted by molar-refractivity contribution is 5.89. The van der Waals surface area contributed by atoms with Gasteiger partial charge in [-0.1, -0.05) is 65.2 Å². The van der Waals surface area contributed by atoms with Crippen LogP contribution in [0.5, 0.6) is 0 Å². The van der Waals surface area contributed by atoms with E-state index in [1.54, 1.807) is 0 Å². The minimum Gasteiger partial charge on any atom is -0.335 e. The first kappa shape index (κ1) is 17.5. The minimum absolute atomic E-state index is 0.108. The van der Waals surface area contributed by atoms with Crippen LogP contribution in [0.2, 0.25) is 0 Å². The zero-order chi connectivity index (χ0) is 15.7. The average Bonchev–Trinajstić information content (AvgIpc) is 2.42. The lowest BCUT2D eigenvalue weighted by atomic mass is 9.96. The standard InChI is InChI=1S/C18H30N2O/c1-14(2)10-8-9-13-17(15(3)4)20-18(21)19-16-11-6-5-7-12-16/h5-7,11-12,14-15,17H,8-10,13H2,1-4H3,(H2,19,20,21). The molecule has 2 N–H and O–H groups in total. The molecule has 0 saturated carbocycles. The smallest absolute Gasteiger partial charge is 0.319 e. The molecule has 2 amide bonds. The monoisotopic (exact) mass is 290 g/mol. The molecule has 0 bridgehead atoms. The van der Waals surface area contributed by atoms with Crippen molar-refractivity contribution >= 4 is 11.7 Å². The highest BCUT2D eigenvalue weighted by atomic mass is 16.2. The van der Waals surface area contributed by atoms with E-state index in [4.69, 9.17) is 0 Å². The highest BCUT2D eigenvalue weighted by Crippen LogP contribution is 2.14. The fourth-order valence-corrected chi connectivity index (χ4v) is 2.35. The zero-order valence-electron chi connectivity index (χ0n) is 13.9. The summed E-state index contributed by atoms with van der Waals surface area (Å²) in [6.07, 6.45) is 4.73. The van der Waals surface area contributed by atoms with Gasteiger partial charge in [0.2, 0.25) is 0 Å². The van der Waals surface area contributed by atoms with E-state index in [2.05, 4.69) is 38.3 Å². The van der Waals surface area contributed by atoms with Crippen molar-refractivity contribution in [1.29, 1.82) is 0 Å². The van der Waals surface area contributed by atoms with Gasteiger partial charge in [0, 0.05) is 11.7 Å². The van der Waals surface area contributed by atoms with Crippen LogP contribution in [-0.2, 0) is 0 Å². The summed E-state index contributed by atoms with van der Waals surface area (Å²) in [7, 11) is 0. The third-order valence-electron chi connectivity index (χ3n) is 3.70. The normalized spacial score (nSPS) is 12.5. The van der Waals surface area contributed by atoms with Crippen molar-refractivity contribution < 1.29 is 4.79 Å². The van der Waals surface area contributed by atoms with Gasteiger partial charge in [-0.25, -0.2) is 4.79 Å². The Labute approximate surface area is 129 Å². The van der Waals surface area contributed by atoms with Crippen LogP contribution in [0.4, 0.5) is 10.5 Å². The summed E-state index contributed by atoms with van der Waals surface area (Å²) in [6.45, 7) is 8.84. The molecular weight excluding hydrogens is 260 g/mol. The summed E-state index contributed by atoms with van der Waals surface area (Å²) in [5, 5.41) is 5.99. The summed E-state index contributed by atoms with van der Waals surface area (Å²) in [6, 6.07) is 9.70. The first-order valence-corrected chi connectivity index (χ1v) is 8.11. The second kappa shape index (κ2) is 9.43. The number of carbonyl (C=O) groups is 1. The Kier molecular flexibility index (Phi) is 7.88. The summed E-state index contributed by atoms with van der Waals surface area (Å²) in [4.78, 5) is 12.0. The number of para-hydroxylation sites is 1. The lowest BCUT2D eigenvalue weighted by molar-refractivity contribution is 0.242. The Morgan fingerprint density at radius 1 is 1.00 bits per heavy atom. The van der Waals surface area contributed by atoms with Crippen molar-refractivity contribution in [3.8, 4) is 0 Å². The van der Waals surface area contributed by atoms with E-state index in [-0.39, 0.29) is 12.1 Å². The SMILES string of the molecule is CC(C)CCCCC(NC(=O)Nc1ccccc1)C(C)C. The third-order valence-corrected chi connectivity index (χ3v) is 3.70. The maximum atomic E-state index is 12.0. The fraction of sp³-hybridized carbons (Fsp3) is 0.611. The molecule has 3 nitrogen and oxygen atoms in total. The maximum absolute atomic E-state index is 12.0. The molecule has 0 saturated heterocycles. The Balaban J connectivity index is 2.37. The number of urea groups is 1. The Hall–Kier alpha value is -1.51. The summed E-state index contributed by atoms with van der Waals surface area (Å²) < 4.78 is 0. The van der Waals surface area contributed by atoms with Gasteiger partial charge >= 0.3 is 6.03 Å². The van der Waals surface area contributed by atoms with E-state index in [9.17, 15) is 4.79 Å². The number of nitrogens with one attached hydrogen (secondary N) is 2. The summed E-state index contributed by atoms with van der Waals surface area (Å²) in [5.41, 5.74) is 0.831. The largest absolute Gasteiger partial charge is 0.335 e. The van der Waals surface area contributed by atoms with Gasteiger partial charge in [-0.05, 0) is 30.4 Å². The van der Waals surface area contributed by atoms with Crippen molar-refractivity contribution in [3.63, 3.8) is 0 Å². The van der Waals surface area contributed by atoms with Crippen LogP contribution in [0, 0.1) is 11.8 Å². The van der Waals surface area contributed by atoms with Gasteiger partial charge in [-0.3, -0.25) is 0 Å². The Morgan fingerprint density at radius 2 is 1.62 bits per heavy atom. The van der Waals surface area contributed by atoms with Gasteiger partial charge in [-0.15, -0.1) is 0 Å². The topological polar surface area (TPSA) is 41.1 Å². The lowest BCUT2D eigenvalue weighted by Gasteiger charge is -2.23. The van der Waals surface area contributed by atoms with Gasteiger partial charge in [0.1, 0.15) is 0 Å². The van der Waals surface area contributed by atoms with Crippen molar-refractivity contribution in [2.75, 3.05) is 5.32 Å². The molecule has 0 fully saturated rings. The van der Waals surface area contributed by atoms with Gasteiger partial charge in [0.15, 0.2) is 0 Å². The maximum Gasteiger partial charge on any atom is 0.319 e. The fourth-order valence-electron chi connectivity index (χ4n) is 2.35. The van der Waals surface area contributed by atoms with Crippen LogP contribution in [0.3, 0.4) is 0 Å². The molecule has 21 heavy (non-hydrogen) atoms. The Bertz CT molecular complexity index is 401. The molecule has 0 aromatic heterocycles. The van der Waals surface area contributed by atoms with Crippen LogP contribution < -0.4 is 10.6 Å². The number of hydrogen-bond acceptors (Lipinski definition) is 1. The van der Waals surface area contributed by atoms with Gasteiger partial charge in [-0.2, -0.15) is 0 Å². The number of anilines is 1. The second-order valence-corrected chi connectivity index (χ2v) is 6.49. The highest BCUT2D eigenvalue weighted by Gasteiger charge is 2.15. The first-order valence-electron chi connectivity index (χ1n) is 8.11. The molecule has 1 atom stereocenters. The molecule has 1 unspecified atom stereocenters. The number of carbonyl (C=O) groups excluding carboxylic acids is 1. The number of amides is 2. The van der Waals surface area contributed by atoms with Crippen molar-refractivity contribution in [2.45, 2.75) is 59.4 Å². The Morgan fingerprint density at radius 3 is 2.19 bits per heavy atom. The van der Waals surface area contributed by atoms with E-state index < -0.39 is 0 Å². The number of benzene rings is 1. The molecule has 0 spiro atoms. The minimum atomic E-state index is -0.108. The molecule has 0 heterocycles. The number of unbranched alkanes of at least 4 members (excludes halogenated alkanes) is 1. The molecule has 0 aliphatic heterocycles. The van der Waals surface area contributed by atoms with Crippen LogP contribution in [-0.4, -0.2) is 12.1 Å². The third kappa shape index (κ3) is 7.74. The molecule has 0 aliphatic carbocycles. The van der Waals surface area contributed by atoms with Crippen molar-refractivity contribution in [3.05, 3.63) is 30.3 Å². The predicted octanol–water partition coefficient (Wildman–Crippen LogP) is 5.05. The van der Waals surface area contributed by atoms with E-state index >= 15 is 0 Å². The van der Waals surface area contributed by atoms with Crippen LogP contribution >= 0.6 is 0 Å². The molecule has 1 rings (SSSR count). The summed E-state index contributed by atoms with van der Waals surface area (Å²) >= 11 is 0. The van der Waals surface area contributed by atoms with Crippen molar-refractivity contribution in [2.24, 2.45) is 11.8 Å².